The molecule has 0 bridgehead atoms. The second-order valence-corrected chi connectivity index (χ2v) is 6.99. The van der Waals surface area contributed by atoms with Crippen molar-refractivity contribution in [2.75, 3.05) is 5.75 Å². The summed E-state index contributed by atoms with van der Waals surface area (Å²) in [5, 5.41) is 11.5. The van der Waals surface area contributed by atoms with E-state index in [0.717, 1.165) is 11.8 Å². The number of halogens is 1. The Kier molecular flexibility index (Phi) is 7.28. The lowest BCUT2D eigenvalue weighted by Gasteiger charge is -2.21. The van der Waals surface area contributed by atoms with Gasteiger partial charge in [0.15, 0.2) is 0 Å². The number of carboxylic acids is 1. The van der Waals surface area contributed by atoms with Crippen molar-refractivity contribution in [2.45, 2.75) is 44.6 Å². The smallest absolute Gasteiger partial charge is 0.408 e. The van der Waals surface area contributed by atoms with Gasteiger partial charge in [0, 0.05) is 11.9 Å². The number of carbonyl (C=O) groups excluding carboxylic acids is 1. The average Bonchev–Trinajstić information content (AvgIpc) is 2.40. The van der Waals surface area contributed by atoms with Crippen LogP contribution in [0.2, 0.25) is 0 Å². The second kappa shape index (κ2) is 8.71. The molecule has 0 saturated carbocycles. The van der Waals surface area contributed by atoms with Crippen LogP contribution in [0.15, 0.2) is 18.5 Å². The van der Waals surface area contributed by atoms with Gasteiger partial charge in [0.05, 0.1) is 6.20 Å². The number of thioether (sulfide) groups is 1. The number of pyridine rings is 1. The Balaban J connectivity index is 2.39. The number of alkyl carbamates (subject to hydrolysis) is 1. The van der Waals surface area contributed by atoms with Gasteiger partial charge in [-0.25, -0.2) is 14.0 Å². The number of ether oxygens (including phenoxy) is 1. The van der Waals surface area contributed by atoms with E-state index in [1.807, 2.05) is 0 Å². The Hall–Kier alpha value is -1.83. The zero-order valence-corrected chi connectivity index (χ0v) is 14.2. The zero-order valence-electron chi connectivity index (χ0n) is 13.3. The largest absolute Gasteiger partial charge is 0.480 e. The van der Waals surface area contributed by atoms with E-state index in [1.54, 1.807) is 27.0 Å². The summed E-state index contributed by atoms with van der Waals surface area (Å²) < 4.78 is 18.0. The molecule has 1 aromatic rings. The Bertz CT molecular complexity index is 549. The average molecular weight is 344 g/mol. The first-order valence-electron chi connectivity index (χ1n) is 7.07. The third-order valence-corrected chi connectivity index (χ3v) is 3.63. The molecule has 6 nitrogen and oxygen atoms in total. The van der Waals surface area contributed by atoms with Crippen LogP contribution in [0.25, 0.3) is 0 Å². The zero-order chi connectivity index (χ0) is 17.5. The van der Waals surface area contributed by atoms with Crippen molar-refractivity contribution in [2.24, 2.45) is 0 Å². The molecule has 1 unspecified atom stereocenters. The van der Waals surface area contributed by atoms with Gasteiger partial charge in [-0.15, -0.1) is 0 Å². The summed E-state index contributed by atoms with van der Waals surface area (Å²) in [5.41, 5.74) is 0.0358. The molecular formula is C15H21FN2O4S. The van der Waals surface area contributed by atoms with E-state index in [2.05, 4.69) is 10.3 Å². The van der Waals surface area contributed by atoms with Gasteiger partial charge in [0.25, 0.3) is 0 Å². The van der Waals surface area contributed by atoms with Gasteiger partial charge in [0.2, 0.25) is 0 Å². The highest BCUT2D eigenvalue weighted by molar-refractivity contribution is 7.98. The summed E-state index contributed by atoms with van der Waals surface area (Å²) in [6, 6.07) is 0.358. The van der Waals surface area contributed by atoms with Crippen LogP contribution in [0.1, 0.15) is 32.8 Å². The molecule has 1 heterocycles. The first kappa shape index (κ1) is 19.2. The van der Waals surface area contributed by atoms with Crippen molar-refractivity contribution >= 4 is 23.8 Å². The van der Waals surface area contributed by atoms with E-state index in [1.165, 1.54) is 17.8 Å². The minimum atomic E-state index is -1.12. The number of rotatable bonds is 7. The molecule has 2 N–H and O–H groups in total. The summed E-state index contributed by atoms with van der Waals surface area (Å²) in [7, 11) is 0. The van der Waals surface area contributed by atoms with Crippen molar-refractivity contribution in [1.82, 2.24) is 10.3 Å². The molecule has 0 aromatic carbocycles. The number of nitrogens with zero attached hydrogens (tertiary/aromatic N) is 1. The third kappa shape index (κ3) is 8.39. The van der Waals surface area contributed by atoms with Crippen LogP contribution in [0.4, 0.5) is 9.18 Å². The molecule has 1 atom stereocenters. The molecule has 0 aliphatic heterocycles. The molecular weight excluding hydrogens is 323 g/mol. The van der Waals surface area contributed by atoms with E-state index in [4.69, 9.17) is 9.84 Å². The predicted molar refractivity (Wildman–Crippen MR) is 85.8 cm³/mol. The predicted octanol–water partition coefficient (Wildman–Crippen LogP) is 2.82. The van der Waals surface area contributed by atoms with Crippen LogP contribution < -0.4 is 5.32 Å². The van der Waals surface area contributed by atoms with Crippen LogP contribution in [0.5, 0.6) is 0 Å². The number of hydrogen-bond donors (Lipinski definition) is 2. The van der Waals surface area contributed by atoms with Gasteiger partial charge in [-0.1, -0.05) is 0 Å². The maximum absolute atomic E-state index is 13.0. The Morgan fingerprint density at radius 1 is 1.43 bits per heavy atom. The molecule has 0 aliphatic rings. The number of hydrogen-bond acceptors (Lipinski definition) is 5. The van der Waals surface area contributed by atoms with Crippen molar-refractivity contribution in [3.05, 3.63) is 29.8 Å². The number of carboxylic acid groups (broad SMARTS) is 1. The van der Waals surface area contributed by atoms with Crippen molar-refractivity contribution < 1.29 is 23.8 Å². The lowest BCUT2D eigenvalue weighted by molar-refractivity contribution is -0.139. The fourth-order valence-electron chi connectivity index (χ4n) is 1.63. The molecule has 1 aromatic heterocycles. The number of nitrogens with one attached hydrogen (secondary N) is 1. The lowest BCUT2D eigenvalue weighted by Crippen LogP contribution is -2.43. The number of aliphatic carboxylic acids is 1. The number of aromatic nitrogens is 1. The first-order valence-corrected chi connectivity index (χ1v) is 8.22. The van der Waals surface area contributed by atoms with Crippen LogP contribution in [0, 0.1) is 5.82 Å². The molecule has 128 valence electrons. The van der Waals surface area contributed by atoms with Crippen LogP contribution in [-0.2, 0) is 15.3 Å². The molecule has 23 heavy (non-hydrogen) atoms. The van der Waals surface area contributed by atoms with E-state index in [9.17, 15) is 14.0 Å². The highest BCUT2D eigenvalue weighted by Crippen LogP contribution is 2.14. The highest BCUT2D eigenvalue weighted by Gasteiger charge is 2.23. The summed E-state index contributed by atoms with van der Waals surface area (Å²) >= 11 is 1.44. The minimum Gasteiger partial charge on any atom is -0.480 e. The Morgan fingerprint density at radius 2 is 2.13 bits per heavy atom. The first-order chi connectivity index (χ1) is 10.7. The van der Waals surface area contributed by atoms with Crippen LogP contribution in [-0.4, -0.2) is 39.5 Å². The van der Waals surface area contributed by atoms with E-state index in [-0.39, 0.29) is 6.42 Å². The summed E-state index contributed by atoms with van der Waals surface area (Å²) in [6.45, 7) is 5.10. The Morgan fingerprint density at radius 3 is 2.70 bits per heavy atom. The van der Waals surface area contributed by atoms with Crippen molar-refractivity contribution in [3.63, 3.8) is 0 Å². The van der Waals surface area contributed by atoms with Gasteiger partial charge in [-0.2, -0.15) is 11.8 Å². The van der Waals surface area contributed by atoms with Crippen LogP contribution >= 0.6 is 11.8 Å². The Labute approximate surface area is 138 Å². The SMILES string of the molecule is CC(C)(C)OC(=O)NC(CCSCc1cncc(F)c1)C(=O)O. The molecule has 0 aliphatic carbocycles. The van der Waals surface area contributed by atoms with E-state index in [0.29, 0.717) is 11.5 Å². The molecule has 0 saturated heterocycles. The lowest BCUT2D eigenvalue weighted by atomic mass is 10.2. The summed E-state index contributed by atoms with van der Waals surface area (Å²) in [4.78, 5) is 26.5. The topological polar surface area (TPSA) is 88.5 Å². The maximum atomic E-state index is 13.0. The second-order valence-electron chi connectivity index (χ2n) is 5.89. The van der Waals surface area contributed by atoms with E-state index >= 15 is 0 Å². The fraction of sp³-hybridized carbons (Fsp3) is 0.533. The molecule has 0 fully saturated rings. The van der Waals surface area contributed by atoms with Gasteiger partial charge < -0.3 is 15.2 Å². The van der Waals surface area contributed by atoms with Gasteiger partial charge in [-0.05, 0) is 44.6 Å². The molecule has 0 radical (unpaired) electrons. The van der Waals surface area contributed by atoms with Gasteiger partial charge in [0.1, 0.15) is 17.5 Å². The molecule has 1 rings (SSSR count). The van der Waals surface area contributed by atoms with Crippen LogP contribution in [0.3, 0.4) is 0 Å². The summed E-state index contributed by atoms with van der Waals surface area (Å²) in [6.07, 6.45) is 2.16. The molecule has 8 heteroatoms. The minimum absolute atomic E-state index is 0.238. The normalized spacial score (nSPS) is 12.5. The fourth-order valence-corrected chi connectivity index (χ4v) is 2.57. The van der Waals surface area contributed by atoms with Crippen molar-refractivity contribution in [1.29, 1.82) is 0 Å². The maximum Gasteiger partial charge on any atom is 0.408 e. The monoisotopic (exact) mass is 344 g/mol. The quantitative estimate of drug-likeness (QED) is 0.740. The number of amides is 1. The standard InChI is InChI=1S/C15H21FN2O4S/c1-15(2,3)22-14(21)18-12(13(19)20)4-5-23-9-10-6-11(16)8-17-7-10/h6-8,12H,4-5,9H2,1-3H3,(H,18,21)(H,19,20). The summed E-state index contributed by atoms with van der Waals surface area (Å²) in [5.74, 6) is -0.519. The highest BCUT2D eigenvalue weighted by atomic mass is 32.2. The van der Waals surface area contributed by atoms with Crippen molar-refractivity contribution in [3.8, 4) is 0 Å². The molecule has 0 spiro atoms. The van der Waals surface area contributed by atoms with Gasteiger partial charge in [-0.3, -0.25) is 4.98 Å². The third-order valence-electron chi connectivity index (χ3n) is 2.57. The van der Waals surface area contributed by atoms with Gasteiger partial charge >= 0.3 is 12.1 Å². The number of carbonyl (C=O) groups is 2. The van der Waals surface area contributed by atoms with E-state index < -0.39 is 29.5 Å². The molecule has 1 amide bonds.